The van der Waals surface area contributed by atoms with Gasteiger partial charge in [0, 0.05) is 11.5 Å². The van der Waals surface area contributed by atoms with Crippen molar-refractivity contribution in [1.82, 2.24) is 4.98 Å². The second-order valence-electron chi connectivity index (χ2n) is 5.53. The second-order valence-corrected chi connectivity index (χ2v) is 5.53. The zero-order chi connectivity index (χ0) is 15.3. The Labute approximate surface area is 127 Å². The van der Waals surface area contributed by atoms with Crippen LogP contribution >= 0.6 is 0 Å². The number of methoxy groups -OCH3 is 1. The number of H-pyrrole nitrogens is 1. The van der Waals surface area contributed by atoms with E-state index in [0.717, 1.165) is 38.5 Å². The fourth-order valence-corrected chi connectivity index (χ4v) is 3.10. The van der Waals surface area contributed by atoms with Crippen molar-refractivity contribution >= 4 is 32.6 Å². The number of rotatable bonds is 1. The quantitative estimate of drug-likeness (QED) is 0.422. The average molecular weight is 289 g/mol. The molecular weight excluding hydrogens is 274 g/mol. The summed E-state index contributed by atoms with van der Waals surface area (Å²) in [6.45, 7) is 1.95. The molecule has 108 valence electrons. The molecule has 0 amide bonds. The van der Waals surface area contributed by atoms with Crippen LogP contribution in [0.4, 0.5) is 0 Å². The molecule has 0 radical (unpaired) electrons. The van der Waals surface area contributed by atoms with E-state index in [4.69, 9.17) is 4.74 Å². The van der Waals surface area contributed by atoms with E-state index in [1.165, 1.54) is 0 Å². The summed E-state index contributed by atoms with van der Waals surface area (Å²) < 4.78 is 5.35. The number of pyridine rings is 1. The van der Waals surface area contributed by atoms with Crippen molar-refractivity contribution in [3.8, 4) is 5.75 Å². The van der Waals surface area contributed by atoms with Gasteiger partial charge in [0.2, 0.25) is 0 Å². The zero-order valence-electron chi connectivity index (χ0n) is 12.4. The molecule has 1 N–H and O–H groups in total. The van der Waals surface area contributed by atoms with Crippen molar-refractivity contribution in [3.05, 3.63) is 64.3 Å². The first-order chi connectivity index (χ1) is 10.7. The maximum absolute atomic E-state index is 13.0. The molecule has 1 aromatic heterocycles. The molecule has 0 saturated heterocycles. The van der Waals surface area contributed by atoms with Crippen LogP contribution in [0.2, 0.25) is 0 Å². The lowest BCUT2D eigenvalue weighted by Crippen LogP contribution is -2.05. The Balaban J connectivity index is 2.25. The second kappa shape index (κ2) is 4.60. The minimum atomic E-state index is 0.0614. The van der Waals surface area contributed by atoms with Gasteiger partial charge in [-0.15, -0.1) is 0 Å². The maximum atomic E-state index is 13.0. The predicted octanol–water partition coefficient (Wildman–Crippen LogP) is 4.15. The number of benzene rings is 3. The number of ether oxygens (including phenoxy) is 1. The smallest absolute Gasteiger partial charge is 0.197 e. The van der Waals surface area contributed by atoms with Gasteiger partial charge in [0.05, 0.1) is 23.5 Å². The molecular formula is C19H15NO2. The molecule has 0 saturated carbocycles. The van der Waals surface area contributed by atoms with Gasteiger partial charge in [0.15, 0.2) is 5.43 Å². The first-order valence-electron chi connectivity index (χ1n) is 7.21. The van der Waals surface area contributed by atoms with Crippen molar-refractivity contribution in [2.24, 2.45) is 0 Å². The normalized spacial score (nSPS) is 11.4. The SMILES string of the molecule is COc1cc2[nH]c3ccc4ccccc4c3c(=O)c2cc1C. The van der Waals surface area contributed by atoms with E-state index in [0.29, 0.717) is 5.39 Å². The van der Waals surface area contributed by atoms with E-state index < -0.39 is 0 Å². The van der Waals surface area contributed by atoms with Crippen LogP contribution in [-0.4, -0.2) is 12.1 Å². The van der Waals surface area contributed by atoms with Crippen molar-refractivity contribution in [2.45, 2.75) is 6.92 Å². The van der Waals surface area contributed by atoms with E-state index in [2.05, 4.69) is 4.98 Å². The lowest BCUT2D eigenvalue weighted by atomic mass is 10.0. The van der Waals surface area contributed by atoms with Gasteiger partial charge < -0.3 is 9.72 Å². The molecule has 0 fully saturated rings. The van der Waals surface area contributed by atoms with Crippen molar-refractivity contribution in [3.63, 3.8) is 0 Å². The van der Waals surface area contributed by atoms with Crippen molar-refractivity contribution in [1.29, 1.82) is 0 Å². The monoisotopic (exact) mass is 289 g/mol. The first kappa shape index (κ1) is 12.9. The fourth-order valence-electron chi connectivity index (χ4n) is 3.10. The number of hydrogen-bond donors (Lipinski definition) is 1. The summed E-state index contributed by atoms with van der Waals surface area (Å²) in [5.41, 5.74) is 2.67. The minimum absolute atomic E-state index is 0.0614. The molecule has 4 rings (SSSR count). The molecule has 0 spiro atoms. The summed E-state index contributed by atoms with van der Waals surface area (Å²) in [6.07, 6.45) is 0. The number of fused-ring (bicyclic) bond motifs is 4. The van der Waals surface area contributed by atoms with Crippen LogP contribution in [-0.2, 0) is 0 Å². The zero-order valence-corrected chi connectivity index (χ0v) is 12.4. The molecule has 0 aliphatic heterocycles. The lowest BCUT2D eigenvalue weighted by molar-refractivity contribution is 0.412. The van der Waals surface area contributed by atoms with Gasteiger partial charge in [-0.1, -0.05) is 30.3 Å². The molecule has 0 bridgehead atoms. The molecule has 0 aliphatic rings. The summed E-state index contributed by atoms with van der Waals surface area (Å²) in [5.74, 6) is 0.781. The topological polar surface area (TPSA) is 42.1 Å². The van der Waals surface area contributed by atoms with Crippen LogP contribution in [0.25, 0.3) is 32.6 Å². The third kappa shape index (κ3) is 1.72. The highest BCUT2D eigenvalue weighted by Gasteiger charge is 2.11. The molecule has 3 aromatic carbocycles. The van der Waals surface area contributed by atoms with Crippen LogP contribution in [0.15, 0.2) is 53.3 Å². The van der Waals surface area contributed by atoms with Gasteiger partial charge in [0.1, 0.15) is 5.75 Å². The summed E-state index contributed by atoms with van der Waals surface area (Å²) in [4.78, 5) is 16.4. The highest BCUT2D eigenvalue weighted by Crippen LogP contribution is 2.27. The van der Waals surface area contributed by atoms with Crippen molar-refractivity contribution in [2.75, 3.05) is 7.11 Å². The Morgan fingerprint density at radius 3 is 2.59 bits per heavy atom. The molecule has 4 aromatic rings. The average Bonchev–Trinajstić information content (AvgIpc) is 2.55. The summed E-state index contributed by atoms with van der Waals surface area (Å²) in [5, 5.41) is 3.50. The minimum Gasteiger partial charge on any atom is -0.496 e. The van der Waals surface area contributed by atoms with Crippen LogP contribution in [0.1, 0.15) is 5.56 Å². The Morgan fingerprint density at radius 1 is 0.955 bits per heavy atom. The Morgan fingerprint density at radius 2 is 1.77 bits per heavy atom. The Hall–Kier alpha value is -2.81. The number of hydrogen-bond acceptors (Lipinski definition) is 2. The number of aromatic nitrogens is 1. The first-order valence-corrected chi connectivity index (χ1v) is 7.21. The number of aromatic amines is 1. The molecule has 0 unspecified atom stereocenters. The molecule has 22 heavy (non-hydrogen) atoms. The van der Waals surface area contributed by atoms with Crippen LogP contribution in [0.3, 0.4) is 0 Å². The third-order valence-electron chi connectivity index (χ3n) is 4.21. The van der Waals surface area contributed by atoms with Gasteiger partial charge in [0.25, 0.3) is 0 Å². The standard InChI is InChI=1S/C19H15NO2/c1-11-9-14-16(10-17(11)22-2)20-15-8-7-12-5-3-4-6-13(12)18(15)19(14)21/h3-10H,1-2H3,(H,20,21). The lowest BCUT2D eigenvalue weighted by Gasteiger charge is -2.09. The van der Waals surface area contributed by atoms with E-state index in [-0.39, 0.29) is 5.43 Å². The Bertz CT molecular complexity index is 1090. The van der Waals surface area contributed by atoms with Gasteiger partial charge in [-0.25, -0.2) is 0 Å². The summed E-state index contributed by atoms with van der Waals surface area (Å²) in [7, 11) is 1.64. The predicted molar refractivity (Wildman–Crippen MR) is 90.9 cm³/mol. The molecule has 3 nitrogen and oxygen atoms in total. The van der Waals surface area contributed by atoms with Gasteiger partial charge in [-0.3, -0.25) is 4.79 Å². The van der Waals surface area contributed by atoms with E-state index in [1.807, 2.05) is 55.5 Å². The van der Waals surface area contributed by atoms with Gasteiger partial charge in [-0.2, -0.15) is 0 Å². The molecule has 3 heteroatoms. The summed E-state index contributed by atoms with van der Waals surface area (Å²) in [6, 6.07) is 15.8. The molecule has 0 atom stereocenters. The number of nitrogens with one attached hydrogen (secondary N) is 1. The van der Waals surface area contributed by atoms with E-state index in [1.54, 1.807) is 7.11 Å². The van der Waals surface area contributed by atoms with E-state index in [9.17, 15) is 4.79 Å². The van der Waals surface area contributed by atoms with Crippen LogP contribution in [0.5, 0.6) is 5.75 Å². The van der Waals surface area contributed by atoms with Gasteiger partial charge in [-0.05, 0) is 35.4 Å². The molecule has 1 heterocycles. The van der Waals surface area contributed by atoms with Crippen molar-refractivity contribution < 1.29 is 4.74 Å². The summed E-state index contributed by atoms with van der Waals surface area (Å²) >= 11 is 0. The van der Waals surface area contributed by atoms with E-state index >= 15 is 0 Å². The maximum Gasteiger partial charge on any atom is 0.197 e. The Kier molecular flexibility index (Phi) is 2.70. The highest BCUT2D eigenvalue weighted by molar-refractivity contribution is 6.09. The third-order valence-corrected chi connectivity index (χ3v) is 4.21. The van der Waals surface area contributed by atoms with Crippen LogP contribution in [0, 0.1) is 6.92 Å². The number of aryl methyl sites for hydroxylation is 1. The van der Waals surface area contributed by atoms with Gasteiger partial charge >= 0.3 is 0 Å². The fraction of sp³-hybridized carbons (Fsp3) is 0.105. The largest absolute Gasteiger partial charge is 0.496 e. The molecule has 0 aliphatic carbocycles. The van der Waals surface area contributed by atoms with Crippen LogP contribution < -0.4 is 10.2 Å². The highest BCUT2D eigenvalue weighted by atomic mass is 16.5.